The maximum absolute atomic E-state index is 13.1. The van der Waals surface area contributed by atoms with Crippen LogP contribution in [-0.2, 0) is 32.6 Å². The number of amides is 2. The van der Waals surface area contributed by atoms with Gasteiger partial charge in [0.1, 0.15) is 6.04 Å². The van der Waals surface area contributed by atoms with Gasteiger partial charge in [-0.25, -0.2) is 8.42 Å². The van der Waals surface area contributed by atoms with Crippen molar-refractivity contribution in [3.8, 4) is 0 Å². The van der Waals surface area contributed by atoms with Crippen LogP contribution in [0.1, 0.15) is 44.7 Å². The maximum Gasteiger partial charge on any atom is 0.241 e. The largest absolute Gasteiger partial charge is 0.351 e. The Labute approximate surface area is 189 Å². The van der Waals surface area contributed by atoms with Gasteiger partial charge in [0.15, 0.2) is 0 Å². The van der Waals surface area contributed by atoms with Crippen LogP contribution in [0.15, 0.2) is 47.6 Å². The van der Waals surface area contributed by atoms with Crippen LogP contribution in [-0.4, -0.2) is 37.8 Å². The van der Waals surface area contributed by atoms with Gasteiger partial charge < -0.3 is 10.2 Å². The first-order valence-electron chi connectivity index (χ1n) is 10.8. The number of anilines is 1. The summed E-state index contributed by atoms with van der Waals surface area (Å²) in [6.07, 6.45) is 4.66. The SMILES string of the molecule is CCC(=O)N1CCc2cc(S(=O)(=O)NC(CC(C)C)C(=O)NCc3cccnc3)ccc21. The summed E-state index contributed by atoms with van der Waals surface area (Å²) in [6.45, 7) is 6.49. The summed E-state index contributed by atoms with van der Waals surface area (Å²) in [4.78, 5) is 30.7. The van der Waals surface area contributed by atoms with E-state index in [0.29, 0.717) is 25.8 Å². The minimum atomic E-state index is -3.92. The molecule has 0 spiro atoms. The molecule has 0 radical (unpaired) electrons. The van der Waals surface area contributed by atoms with Crippen LogP contribution in [0.5, 0.6) is 0 Å². The molecular formula is C23H30N4O4S. The van der Waals surface area contributed by atoms with Crippen molar-refractivity contribution in [3.63, 3.8) is 0 Å². The first-order chi connectivity index (χ1) is 15.2. The Kier molecular flexibility index (Phi) is 7.63. The molecule has 0 saturated heterocycles. The van der Waals surface area contributed by atoms with Gasteiger partial charge in [-0.2, -0.15) is 4.72 Å². The van der Waals surface area contributed by atoms with E-state index in [1.807, 2.05) is 19.9 Å². The number of fused-ring (bicyclic) bond motifs is 1. The number of hydrogen-bond donors (Lipinski definition) is 2. The van der Waals surface area contributed by atoms with Crippen LogP contribution < -0.4 is 14.9 Å². The molecule has 1 aromatic heterocycles. The Morgan fingerprint density at radius 2 is 2.00 bits per heavy atom. The molecule has 2 N–H and O–H groups in total. The summed E-state index contributed by atoms with van der Waals surface area (Å²) in [6, 6.07) is 7.47. The van der Waals surface area contributed by atoms with Crippen molar-refractivity contribution < 1.29 is 18.0 Å². The highest BCUT2D eigenvalue weighted by Gasteiger charge is 2.29. The van der Waals surface area contributed by atoms with Gasteiger partial charge in [-0.1, -0.05) is 26.8 Å². The lowest BCUT2D eigenvalue weighted by Gasteiger charge is -2.21. The molecule has 8 nitrogen and oxygen atoms in total. The summed E-state index contributed by atoms with van der Waals surface area (Å²) < 4.78 is 28.8. The third-order valence-electron chi connectivity index (χ3n) is 5.37. The van der Waals surface area contributed by atoms with Crippen LogP contribution in [0.2, 0.25) is 0 Å². The lowest BCUT2D eigenvalue weighted by Crippen LogP contribution is -2.47. The molecule has 172 valence electrons. The van der Waals surface area contributed by atoms with Gasteiger partial charge in [0.25, 0.3) is 0 Å². The molecule has 0 bridgehead atoms. The van der Waals surface area contributed by atoms with Crippen molar-refractivity contribution >= 4 is 27.5 Å². The van der Waals surface area contributed by atoms with E-state index in [2.05, 4.69) is 15.0 Å². The molecule has 2 amide bonds. The zero-order valence-electron chi connectivity index (χ0n) is 18.7. The van der Waals surface area contributed by atoms with Crippen molar-refractivity contribution in [1.29, 1.82) is 0 Å². The molecule has 0 aliphatic carbocycles. The molecular weight excluding hydrogens is 428 g/mol. The number of sulfonamides is 1. The Morgan fingerprint density at radius 3 is 2.66 bits per heavy atom. The maximum atomic E-state index is 13.1. The van der Waals surface area contributed by atoms with Gasteiger partial charge in [0.2, 0.25) is 21.8 Å². The number of aromatic nitrogens is 1. The molecule has 1 atom stereocenters. The van der Waals surface area contributed by atoms with E-state index in [4.69, 9.17) is 0 Å². The highest BCUT2D eigenvalue weighted by Crippen LogP contribution is 2.30. The smallest absolute Gasteiger partial charge is 0.241 e. The van der Waals surface area contributed by atoms with E-state index in [1.54, 1.807) is 42.4 Å². The predicted molar refractivity (Wildman–Crippen MR) is 122 cm³/mol. The summed E-state index contributed by atoms with van der Waals surface area (Å²) in [5.74, 6) is -0.257. The zero-order valence-corrected chi connectivity index (χ0v) is 19.5. The number of nitrogens with zero attached hydrogens (tertiary/aromatic N) is 2. The third kappa shape index (κ3) is 5.72. The van der Waals surface area contributed by atoms with Crippen molar-refractivity contribution in [2.75, 3.05) is 11.4 Å². The van der Waals surface area contributed by atoms with E-state index >= 15 is 0 Å². The van der Waals surface area contributed by atoms with Crippen LogP contribution in [0.3, 0.4) is 0 Å². The second kappa shape index (κ2) is 10.2. The first kappa shape index (κ1) is 23.9. The minimum absolute atomic E-state index is 0.0137. The van der Waals surface area contributed by atoms with Gasteiger partial charge in [-0.05, 0) is 54.2 Å². The van der Waals surface area contributed by atoms with Crippen molar-refractivity contribution in [2.45, 2.75) is 57.5 Å². The first-order valence-corrected chi connectivity index (χ1v) is 12.3. The number of hydrogen-bond acceptors (Lipinski definition) is 5. The topological polar surface area (TPSA) is 108 Å². The molecule has 1 aromatic carbocycles. The molecule has 0 saturated carbocycles. The van der Waals surface area contributed by atoms with E-state index in [9.17, 15) is 18.0 Å². The quantitative estimate of drug-likeness (QED) is 0.600. The Balaban J connectivity index is 1.75. The van der Waals surface area contributed by atoms with Crippen LogP contribution in [0.4, 0.5) is 5.69 Å². The van der Waals surface area contributed by atoms with E-state index in [1.165, 1.54) is 6.07 Å². The van der Waals surface area contributed by atoms with E-state index < -0.39 is 16.1 Å². The van der Waals surface area contributed by atoms with Gasteiger partial charge >= 0.3 is 0 Å². The van der Waals surface area contributed by atoms with E-state index in [-0.39, 0.29) is 29.2 Å². The second-order valence-corrected chi connectivity index (χ2v) is 10.0. The number of carbonyl (C=O) groups excluding carboxylic acids is 2. The predicted octanol–water partition coefficient (Wildman–Crippen LogP) is 2.39. The average molecular weight is 459 g/mol. The molecule has 2 heterocycles. The molecule has 1 aliphatic heterocycles. The summed E-state index contributed by atoms with van der Waals surface area (Å²) in [5.41, 5.74) is 2.40. The number of nitrogens with one attached hydrogen (secondary N) is 2. The second-order valence-electron chi connectivity index (χ2n) is 8.32. The third-order valence-corrected chi connectivity index (χ3v) is 6.84. The fourth-order valence-corrected chi connectivity index (χ4v) is 5.00. The molecule has 32 heavy (non-hydrogen) atoms. The zero-order chi connectivity index (χ0) is 23.3. The van der Waals surface area contributed by atoms with Crippen molar-refractivity contribution in [2.24, 2.45) is 5.92 Å². The van der Waals surface area contributed by atoms with Crippen LogP contribution in [0.25, 0.3) is 0 Å². The van der Waals surface area contributed by atoms with Gasteiger partial charge in [0, 0.05) is 37.6 Å². The van der Waals surface area contributed by atoms with Crippen molar-refractivity contribution in [1.82, 2.24) is 15.0 Å². The van der Waals surface area contributed by atoms with Gasteiger partial charge in [-0.3, -0.25) is 14.6 Å². The summed E-state index contributed by atoms with van der Waals surface area (Å²) in [5, 5.41) is 2.79. The van der Waals surface area contributed by atoms with Gasteiger partial charge in [0.05, 0.1) is 4.90 Å². The number of benzene rings is 1. The fourth-order valence-electron chi connectivity index (χ4n) is 3.75. The van der Waals surface area contributed by atoms with Crippen molar-refractivity contribution in [3.05, 3.63) is 53.9 Å². The lowest BCUT2D eigenvalue weighted by molar-refractivity contribution is -0.123. The number of carbonyl (C=O) groups is 2. The summed E-state index contributed by atoms with van der Waals surface area (Å²) in [7, 11) is -3.92. The molecule has 1 unspecified atom stereocenters. The number of rotatable bonds is 9. The highest BCUT2D eigenvalue weighted by atomic mass is 32.2. The molecule has 3 rings (SSSR count). The summed E-state index contributed by atoms with van der Waals surface area (Å²) >= 11 is 0. The monoisotopic (exact) mass is 458 g/mol. The highest BCUT2D eigenvalue weighted by molar-refractivity contribution is 7.89. The molecule has 1 aliphatic rings. The van der Waals surface area contributed by atoms with E-state index in [0.717, 1.165) is 16.8 Å². The Bertz CT molecular complexity index is 1070. The minimum Gasteiger partial charge on any atom is -0.351 e. The molecule has 0 fully saturated rings. The lowest BCUT2D eigenvalue weighted by atomic mass is 10.0. The molecule has 2 aromatic rings. The fraction of sp³-hybridized carbons (Fsp3) is 0.435. The van der Waals surface area contributed by atoms with Crippen LogP contribution >= 0.6 is 0 Å². The Hall–Kier alpha value is -2.78. The van der Waals surface area contributed by atoms with Crippen LogP contribution in [0, 0.1) is 5.92 Å². The average Bonchev–Trinajstić information content (AvgIpc) is 3.20. The standard InChI is InChI=1S/C23H30N4O4S/c1-4-22(28)27-11-9-18-13-19(7-8-21(18)27)32(30,31)26-20(12-16(2)3)23(29)25-15-17-6-5-10-24-14-17/h5-8,10,13-14,16,20,26H,4,9,11-12,15H2,1-3H3,(H,25,29). The number of pyridine rings is 1. The normalized spacial score (nSPS) is 14.3. The molecule has 9 heteroatoms. The van der Waals surface area contributed by atoms with Gasteiger partial charge in [-0.15, -0.1) is 0 Å². The Morgan fingerprint density at radius 1 is 1.22 bits per heavy atom.